The second-order valence-electron chi connectivity index (χ2n) is 8.74. The molecule has 2 aromatic carbocycles. The zero-order valence-electron chi connectivity index (χ0n) is 18.9. The van der Waals surface area contributed by atoms with Crippen LogP contribution in [0.2, 0.25) is 0 Å². The van der Waals surface area contributed by atoms with Gasteiger partial charge in [-0.15, -0.1) is 0 Å². The number of methoxy groups -OCH3 is 2. The van der Waals surface area contributed by atoms with Gasteiger partial charge < -0.3 is 28.8 Å². The van der Waals surface area contributed by atoms with Gasteiger partial charge in [-0.3, -0.25) is 0 Å². The molecule has 174 valence electrons. The molecule has 1 N–H and O–H groups in total. The highest BCUT2D eigenvalue weighted by atomic mass is 16.7. The molecular weight excluding hydrogens is 424 g/mol. The van der Waals surface area contributed by atoms with E-state index in [0.717, 1.165) is 25.7 Å². The van der Waals surface area contributed by atoms with Crippen molar-refractivity contribution in [2.24, 2.45) is 5.92 Å². The van der Waals surface area contributed by atoms with Crippen LogP contribution in [0, 0.1) is 5.92 Å². The van der Waals surface area contributed by atoms with Crippen LogP contribution in [-0.2, 0) is 15.3 Å². The second-order valence-corrected chi connectivity index (χ2v) is 8.74. The number of esters is 1. The van der Waals surface area contributed by atoms with Crippen LogP contribution in [0.3, 0.4) is 0 Å². The van der Waals surface area contributed by atoms with Gasteiger partial charge in [-0.25, -0.2) is 4.79 Å². The van der Waals surface area contributed by atoms with Crippen LogP contribution in [0.15, 0.2) is 42.0 Å². The topological polar surface area (TPSA) is 83.5 Å². The van der Waals surface area contributed by atoms with E-state index >= 15 is 0 Å². The van der Waals surface area contributed by atoms with E-state index < -0.39 is 11.8 Å². The highest BCUT2D eigenvalue weighted by Crippen LogP contribution is 2.51. The molecular formula is C26H28O7. The van der Waals surface area contributed by atoms with Crippen molar-refractivity contribution in [3.63, 3.8) is 0 Å². The van der Waals surface area contributed by atoms with Gasteiger partial charge >= 0.3 is 5.97 Å². The van der Waals surface area contributed by atoms with Gasteiger partial charge in [-0.1, -0.05) is 44.2 Å². The van der Waals surface area contributed by atoms with E-state index in [1.165, 1.54) is 13.5 Å². The molecule has 2 aromatic rings. The molecule has 7 nitrogen and oxygen atoms in total. The summed E-state index contributed by atoms with van der Waals surface area (Å²) in [5.41, 5.74) is 2.05. The number of hydrogen-bond acceptors (Lipinski definition) is 7. The summed E-state index contributed by atoms with van der Waals surface area (Å²) in [6.07, 6.45) is 6.23. The maximum Gasteiger partial charge on any atom is 0.341 e. The minimum Gasteiger partial charge on any atom is -0.497 e. The fourth-order valence-corrected chi connectivity index (χ4v) is 5.07. The summed E-state index contributed by atoms with van der Waals surface area (Å²) >= 11 is 0. The number of aliphatic hydroxyl groups is 1. The normalized spacial score (nSPS) is 22.5. The lowest BCUT2D eigenvalue weighted by molar-refractivity contribution is -0.185. The van der Waals surface area contributed by atoms with Crippen LogP contribution in [-0.4, -0.2) is 32.1 Å². The second kappa shape index (κ2) is 8.63. The summed E-state index contributed by atoms with van der Waals surface area (Å²) in [7, 11) is 3.12. The van der Waals surface area contributed by atoms with Crippen LogP contribution in [0.5, 0.6) is 23.0 Å². The molecule has 0 saturated heterocycles. The number of fused-ring (bicyclic) bond motifs is 1. The van der Waals surface area contributed by atoms with Crippen molar-refractivity contribution in [3.8, 4) is 23.0 Å². The summed E-state index contributed by atoms with van der Waals surface area (Å²) in [5.74, 6) is -0.0669. The van der Waals surface area contributed by atoms with E-state index in [4.69, 9.17) is 23.7 Å². The molecule has 0 amide bonds. The minimum absolute atomic E-state index is 0.0647. The standard InChI is InChI=1S/C26H28O7/c1-29-19-10-8-17(9-11-19)23-20(12-16-6-4-3-5-7-16)26(28,33-25(23)27)18-13-21(30-2)24-22(14-18)31-15-32-24/h8-11,13-14,16,28H,3-7,12,15H2,1-2H3. The smallest absolute Gasteiger partial charge is 0.341 e. The van der Waals surface area contributed by atoms with Crippen LogP contribution in [0.1, 0.15) is 49.7 Å². The lowest BCUT2D eigenvalue weighted by Gasteiger charge is -2.30. The molecule has 0 radical (unpaired) electrons. The Balaban J connectivity index is 1.63. The molecule has 0 aromatic heterocycles. The fourth-order valence-electron chi connectivity index (χ4n) is 5.07. The number of ether oxygens (including phenoxy) is 5. The summed E-state index contributed by atoms with van der Waals surface area (Å²) in [5, 5.41) is 11.9. The highest BCUT2D eigenvalue weighted by molar-refractivity contribution is 6.20. The first kappa shape index (κ1) is 21.6. The molecule has 1 aliphatic carbocycles. The van der Waals surface area contributed by atoms with Gasteiger partial charge in [0.15, 0.2) is 11.5 Å². The zero-order valence-corrected chi connectivity index (χ0v) is 18.9. The first-order valence-corrected chi connectivity index (χ1v) is 11.4. The lowest BCUT2D eigenvalue weighted by atomic mass is 9.80. The summed E-state index contributed by atoms with van der Waals surface area (Å²) in [6.45, 7) is 0.0647. The maximum absolute atomic E-state index is 13.2. The van der Waals surface area contributed by atoms with Crippen molar-refractivity contribution in [3.05, 3.63) is 53.1 Å². The highest BCUT2D eigenvalue weighted by Gasteiger charge is 2.49. The number of cyclic esters (lactones) is 1. The van der Waals surface area contributed by atoms with E-state index in [9.17, 15) is 9.90 Å². The van der Waals surface area contributed by atoms with Gasteiger partial charge in [0.2, 0.25) is 12.5 Å². The van der Waals surface area contributed by atoms with Crippen molar-refractivity contribution >= 4 is 11.5 Å². The Morgan fingerprint density at radius 1 is 1.03 bits per heavy atom. The van der Waals surface area contributed by atoms with Gasteiger partial charge in [0.05, 0.1) is 19.8 Å². The third kappa shape index (κ3) is 3.80. The van der Waals surface area contributed by atoms with Gasteiger partial charge in [0, 0.05) is 11.1 Å². The molecule has 5 rings (SSSR count). The molecule has 1 atom stereocenters. The Kier molecular flexibility index (Phi) is 5.66. The van der Waals surface area contributed by atoms with Gasteiger partial charge in [0.1, 0.15) is 5.75 Å². The monoisotopic (exact) mass is 452 g/mol. The van der Waals surface area contributed by atoms with Crippen molar-refractivity contribution in [2.45, 2.75) is 44.3 Å². The largest absolute Gasteiger partial charge is 0.497 e. The number of benzene rings is 2. The Labute approximate surface area is 192 Å². The average molecular weight is 453 g/mol. The number of rotatable bonds is 6. The number of carbonyl (C=O) groups is 1. The Hall–Kier alpha value is -3.19. The Bertz CT molecular complexity index is 1080. The van der Waals surface area contributed by atoms with E-state index in [-0.39, 0.29) is 6.79 Å². The summed E-state index contributed by atoms with van der Waals surface area (Å²) in [4.78, 5) is 13.2. The average Bonchev–Trinajstić information content (AvgIpc) is 3.42. The first-order valence-electron chi connectivity index (χ1n) is 11.4. The molecule has 33 heavy (non-hydrogen) atoms. The zero-order chi connectivity index (χ0) is 23.0. The van der Waals surface area contributed by atoms with Crippen LogP contribution in [0.25, 0.3) is 5.57 Å². The maximum atomic E-state index is 13.2. The molecule has 2 aliphatic heterocycles. The number of hydrogen-bond donors (Lipinski definition) is 1. The Morgan fingerprint density at radius 2 is 1.79 bits per heavy atom. The Morgan fingerprint density at radius 3 is 2.48 bits per heavy atom. The molecule has 1 unspecified atom stereocenters. The lowest BCUT2D eigenvalue weighted by Crippen LogP contribution is -2.30. The molecule has 7 heteroatoms. The van der Waals surface area contributed by atoms with Crippen molar-refractivity contribution in [1.29, 1.82) is 0 Å². The van der Waals surface area contributed by atoms with Gasteiger partial charge in [-0.05, 0) is 42.2 Å². The van der Waals surface area contributed by atoms with Crippen molar-refractivity contribution in [1.82, 2.24) is 0 Å². The van der Waals surface area contributed by atoms with Crippen molar-refractivity contribution in [2.75, 3.05) is 21.0 Å². The van der Waals surface area contributed by atoms with E-state index in [2.05, 4.69) is 0 Å². The molecule has 0 spiro atoms. The first-order chi connectivity index (χ1) is 16.0. The number of carbonyl (C=O) groups excluding carboxylic acids is 1. The predicted octanol–water partition coefficient (Wildman–Crippen LogP) is 4.56. The fraction of sp³-hybridized carbons (Fsp3) is 0.423. The summed E-state index contributed by atoms with van der Waals surface area (Å²) in [6, 6.07) is 10.6. The van der Waals surface area contributed by atoms with Crippen LogP contribution >= 0.6 is 0 Å². The SMILES string of the molecule is COc1ccc(C2=C(CC3CCCCC3)C(O)(c3cc(OC)c4c(c3)OCO4)OC2=O)cc1. The quantitative estimate of drug-likeness (QED) is 0.644. The minimum atomic E-state index is -1.92. The molecule has 0 bridgehead atoms. The third-order valence-corrected chi connectivity index (χ3v) is 6.80. The van der Waals surface area contributed by atoms with Crippen LogP contribution < -0.4 is 18.9 Å². The van der Waals surface area contributed by atoms with E-state index in [0.29, 0.717) is 57.6 Å². The summed E-state index contributed by atoms with van der Waals surface area (Å²) < 4.78 is 27.5. The van der Waals surface area contributed by atoms with E-state index in [1.54, 1.807) is 31.4 Å². The van der Waals surface area contributed by atoms with Crippen molar-refractivity contribution < 1.29 is 33.6 Å². The molecule has 3 aliphatic rings. The third-order valence-electron chi connectivity index (χ3n) is 6.80. The van der Waals surface area contributed by atoms with Gasteiger partial charge in [-0.2, -0.15) is 0 Å². The molecule has 2 heterocycles. The molecule has 1 fully saturated rings. The molecule has 1 saturated carbocycles. The predicted molar refractivity (Wildman–Crippen MR) is 120 cm³/mol. The van der Waals surface area contributed by atoms with Crippen LogP contribution in [0.4, 0.5) is 0 Å². The van der Waals surface area contributed by atoms with Gasteiger partial charge in [0.25, 0.3) is 5.79 Å². The van der Waals surface area contributed by atoms with E-state index in [1.807, 2.05) is 12.1 Å².